The second kappa shape index (κ2) is 17.6. The first-order valence-electron chi connectivity index (χ1n) is 19.2. The smallest absolute Gasteiger partial charge is 0.355 e. The Labute approximate surface area is 352 Å². The second-order valence-electron chi connectivity index (χ2n) is 15.2. The highest BCUT2D eigenvalue weighted by atomic mass is 32.2. The summed E-state index contributed by atoms with van der Waals surface area (Å²) in [4.78, 5) is -0.587. The van der Waals surface area contributed by atoms with Gasteiger partial charge < -0.3 is 14.9 Å². The quantitative estimate of drug-likeness (QED) is 0.0709. The summed E-state index contributed by atoms with van der Waals surface area (Å²) in [6.07, 6.45) is 5.16. The first-order chi connectivity index (χ1) is 28.3. The van der Waals surface area contributed by atoms with Crippen LogP contribution in [0.4, 0.5) is 0 Å². The van der Waals surface area contributed by atoms with Crippen LogP contribution in [0.1, 0.15) is 77.9 Å². The molecule has 312 valence electrons. The van der Waals surface area contributed by atoms with Gasteiger partial charge in [-0.1, -0.05) is 48.0 Å². The zero-order valence-corrected chi connectivity index (χ0v) is 36.3. The van der Waals surface area contributed by atoms with Gasteiger partial charge >= 0.3 is 11.5 Å². The number of aryl methyl sites for hydroxylation is 5. The van der Waals surface area contributed by atoms with Gasteiger partial charge in [0.1, 0.15) is 10.7 Å². The molecule has 0 fully saturated rings. The molecule has 0 amide bonds. The number of hydrogen-bond acceptors (Lipinski definition) is 7. The fourth-order valence-electron chi connectivity index (χ4n) is 8.19. The molecule has 4 N–H and O–H groups in total. The van der Waals surface area contributed by atoms with Crippen LogP contribution in [-0.4, -0.2) is 49.0 Å². The average molecular weight is 850 g/mol. The van der Waals surface area contributed by atoms with Crippen molar-refractivity contribution in [2.45, 2.75) is 72.5 Å². The SMILES string of the molecule is COc1ccc([O+]=C2C=CC(=C(c3ccc(Cc4c(C)cc(C)cc4C)c(CO)c3)c3ccc(Cc4c(C)cc(C)c(S(=O)(=O)O)c4C)c(CO)c3)C(S(=O)(=O)O)=C2)cc1. The van der Waals surface area contributed by atoms with E-state index in [4.69, 9.17) is 9.16 Å². The standard InChI is InChI=1S/C48H48O10S2/c1-28-18-29(2)44(30(3)19-28)23-34-8-10-36(21-38(34)26-49)47(43-17-16-42(25-46(43)59(51,52)53)58-41-14-12-40(57-7)13-15-41)37-11-9-35(39(22-37)27-50)24-45-31(4)20-32(5)48(33(45)6)60(54,55)56/h8-22,25,49-50H,23-24,26-27H2,1-7H3,(H-,51,52,53,54,55,56)/p+1. The van der Waals surface area contributed by atoms with Gasteiger partial charge in [0.2, 0.25) is 0 Å². The van der Waals surface area contributed by atoms with E-state index in [1.807, 2.05) is 32.0 Å². The predicted molar refractivity (Wildman–Crippen MR) is 234 cm³/mol. The molecule has 5 aromatic rings. The number of aliphatic hydroxyl groups excluding tert-OH is 2. The van der Waals surface area contributed by atoms with Gasteiger partial charge in [-0.2, -0.15) is 16.8 Å². The Hall–Kier alpha value is -5.47. The molecule has 0 aromatic heterocycles. The van der Waals surface area contributed by atoms with Crippen molar-refractivity contribution in [3.8, 4) is 11.5 Å². The van der Waals surface area contributed by atoms with Gasteiger partial charge in [-0.25, -0.2) is 4.42 Å². The van der Waals surface area contributed by atoms with Gasteiger partial charge in [0, 0.05) is 23.8 Å². The molecule has 0 radical (unpaired) electrons. The Balaban J connectivity index is 1.55. The van der Waals surface area contributed by atoms with Gasteiger partial charge in [0.05, 0.1) is 31.3 Å². The van der Waals surface area contributed by atoms with Gasteiger partial charge in [0.25, 0.3) is 20.2 Å². The lowest BCUT2D eigenvalue weighted by Gasteiger charge is -2.21. The van der Waals surface area contributed by atoms with E-state index in [0.717, 1.165) is 33.4 Å². The van der Waals surface area contributed by atoms with Crippen LogP contribution in [-0.2, 0) is 50.7 Å². The van der Waals surface area contributed by atoms with Crippen molar-refractivity contribution in [2.24, 2.45) is 0 Å². The summed E-state index contributed by atoms with van der Waals surface area (Å²) in [6, 6.07) is 23.5. The van der Waals surface area contributed by atoms with Crippen molar-refractivity contribution >= 4 is 31.6 Å². The molecule has 0 saturated carbocycles. The summed E-state index contributed by atoms with van der Waals surface area (Å²) in [6.45, 7) is 10.6. The summed E-state index contributed by atoms with van der Waals surface area (Å²) >= 11 is 0. The summed E-state index contributed by atoms with van der Waals surface area (Å²) < 4.78 is 83.3. The zero-order chi connectivity index (χ0) is 43.7. The summed E-state index contributed by atoms with van der Waals surface area (Å²) in [5.74, 6) is 1.15. The molecule has 60 heavy (non-hydrogen) atoms. The fourth-order valence-corrected chi connectivity index (χ4v) is 9.88. The predicted octanol–water partition coefficient (Wildman–Crippen LogP) is 8.62. The van der Waals surface area contributed by atoms with E-state index in [1.54, 1.807) is 74.5 Å². The molecule has 0 spiro atoms. The van der Waals surface area contributed by atoms with Crippen LogP contribution >= 0.6 is 0 Å². The van der Waals surface area contributed by atoms with Crippen molar-refractivity contribution < 1.29 is 45.3 Å². The van der Waals surface area contributed by atoms with Crippen LogP contribution in [0.5, 0.6) is 11.5 Å². The van der Waals surface area contributed by atoms with Crippen molar-refractivity contribution in [1.29, 1.82) is 0 Å². The molecule has 6 rings (SSSR count). The number of ketones is 1. The minimum Gasteiger partial charge on any atom is -0.497 e. The molecular formula is C48H49O10S2+. The molecule has 12 heteroatoms. The summed E-state index contributed by atoms with van der Waals surface area (Å²) in [7, 11) is -7.86. The third-order valence-electron chi connectivity index (χ3n) is 11.0. The van der Waals surface area contributed by atoms with E-state index in [-0.39, 0.29) is 29.3 Å². The molecule has 5 aromatic carbocycles. The van der Waals surface area contributed by atoms with Gasteiger partial charge in [-0.15, -0.1) is 0 Å². The minimum atomic E-state index is -4.88. The maximum atomic E-state index is 13.3. The largest absolute Gasteiger partial charge is 0.497 e. The summed E-state index contributed by atoms with van der Waals surface area (Å²) in [5, 5.41) is 21.5. The van der Waals surface area contributed by atoms with Crippen molar-refractivity contribution in [3.05, 3.63) is 185 Å². The third kappa shape index (κ3) is 9.44. The fraction of sp³-hybridized carbons (Fsp3) is 0.229. The Morgan fingerprint density at radius 3 is 1.65 bits per heavy atom. The maximum absolute atomic E-state index is 13.3. The molecule has 0 aliphatic heterocycles. The second-order valence-corrected chi connectivity index (χ2v) is 18.0. The average Bonchev–Trinajstić information content (AvgIpc) is 3.18. The van der Waals surface area contributed by atoms with E-state index < -0.39 is 31.7 Å². The molecule has 1 aliphatic carbocycles. The number of ether oxygens (including phenoxy) is 1. The minimum absolute atomic E-state index is 0.140. The van der Waals surface area contributed by atoms with E-state index in [9.17, 15) is 36.2 Å². The van der Waals surface area contributed by atoms with Gasteiger partial charge in [0.15, 0.2) is 0 Å². The zero-order valence-electron chi connectivity index (χ0n) is 34.6. The number of rotatable bonds is 12. The van der Waals surface area contributed by atoms with Crippen LogP contribution in [0.2, 0.25) is 0 Å². The Kier molecular flexibility index (Phi) is 13.0. The number of hydrogen-bond donors (Lipinski definition) is 4. The van der Waals surface area contributed by atoms with Crippen molar-refractivity contribution in [1.82, 2.24) is 0 Å². The number of allylic oxidation sites excluding steroid dienone is 4. The third-order valence-corrected chi connectivity index (χ3v) is 13.1. The van der Waals surface area contributed by atoms with E-state index >= 15 is 0 Å². The molecule has 0 saturated heterocycles. The van der Waals surface area contributed by atoms with Crippen LogP contribution in [0.25, 0.3) is 5.57 Å². The lowest BCUT2D eigenvalue weighted by Crippen LogP contribution is -2.13. The molecule has 0 bridgehead atoms. The van der Waals surface area contributed by atoms with Gasteiger partial charge in [-0.3, -0.25) is 9.11 Å². The molecule has 0 atom stereocenters. The highest BCUT2D eigenvalue weighted by Crippen LogP contribution is 2.38. The lowest BCUT2D eigenvalue weighted by atomic mass is 9.85. The molecule has 0 unspecified atom stereocenters. The van der Waals surface area contributed by atoms with Crippen LogP contribution in [0.3, 0.4) is 0 Å². The maximum Gasteiger partial charge on any atom is 0.355 e. The van der Waals surface area contributed by atoms with Crippen LogP contribution in [0, 0.1) is 41.5 Å². The number of benzene rings is 5. The van der Waals surface area contributed by atoms with Crippen LogP contribution < -0.4 is 4.74 Å². The van der Waals surface area contributed by atoms with Gasteiger partial charge in [-0.05, 0) is 163 Å². The Bertz CT molecular complexity index is 2840. The Morgan fingerprint density at radius 2 is 1.15 bits per heavy atom. The van der Waals surface area contributed by atoms with E-state index in [0.29, 0.717) is 68.0 Å². The summed E-state index contributed by atoms with van der Waals surface area (Å²) in [5.41, 5.74) is 11.1. The van der Waals surface area contributed by atoms with Crippen molar-refractivity contribution in [2.75, 3.05) is 7.11 Å². The van der Waals surface area contributed by atoms with Crippen molar-refractivity contribution in [3.63, 3.8) is 0 Å². The normalized spacial score (nSPS) is 14.7. The number of carbonyl (C=O) groups excluding carboxylic acids is 1. The lowest BCUT2D eigenvalue weighted by molar-refractivity contribution is -0.364. The first kappa shape index (κ1) is 44.1. The molecule has 10 nitrogen and oxygen atoms in total. The van der Waals surface area contributed by atoms with Crippen LogP contribution in [0.15, 0.2) is 112 Å². The first-order valence-corrected chi connectivity index (χ1v) is 22.1. The molecular weight excluding hydrogens is 801 g/mol. The topological polar surface area (TPSA) is 170 Å². The van der Waals surface area contributed by atoms with E-state index in [2.05, 4.69) is 26.0 Å². The highest BCUT2D eigenvalue weighted by molar-refractivity contribution is 7.90. The number of methoxy groups -OCH3 is 1. The molecule has 1 aliphatic rings. The monoisotopic (exact) mass is 849 g/mol. The highest BCUT2D eigenvalue weighted by Gasteiger charge is 2.30. The number of aliphatic hydroxyl groups is 2. The van der Waals surface area contributed by atoms with E-state index in [1.165, 1.54) is 13.2 Å². The molecule has 0 heterocycles. The Morgan fingerprint density at radius 1 is 0.617 bits per heavy atom.